The Bertz CT molecular complexity index is 4870. The number of thiazole rings is 1. The van der Waals surface area contributed by atoms with Crippen molar-refractivity contribution < 1.29 is 87.3 Å². The molecule has 83 heavy (non-hydrogen) atoms. The summed E-state index contributed by atoms with van der Waals surface area (Å²) in [4.78, 5) is 7.33. The van der Waals surface area contributed by atoms with Crippen LogP contribution < -0.4 is 4.74 Å². The first-order chi connectivity index (χ1) is 38.6. The monoisotopic (exact) mass is 1320 g/mol. The van der Waals surface area contributed by atoms with Crippen LogP contribution in [0, 0.1) is 32.1 Å². The van der Waals surface area contributed by atoms with Crippen LogP contribution >= 0.6 is 34.7 Å². The van der Waals surface area contributed by atoms with E-state index in [2.05, 4.69) is 40.7 Å². The van der Waals surface area contributed by atoms with Crippen molar-refractivity contribution >= 4 is 167 Å². The van der Waals surface area contributed by atoms with Gasteiger partial charge in [-0.05, 0) is 104 Å². The summed E-state index contributed by atoms with van der Waals surface area (Å²) in [5.74, 6) is -1.82. The molecule has 0 spiro atoms. The second-order valence-electron chi connectivity index (χ2n) is 17.1. The molecule has 30 nitrogen and oxygen atoms in total. The molecule has 8 aromatic rings. The van der Waals surface area contributed by atoms with Crippen molar-refractivity contribution in [1.82, 2.24) is 14.4 Å². The molecule has 0 unspecified atom stereocenters. The largest absolute Gasteiger partial charge is 0.493 e. The minimum atomic E-state index is -4.90. The normalized spacial score (nSPS) is 12.8. The summed E-state index contributed by atoms with van der Waals surface area (Å²) in [6.07, 6.45) is -0.240. The molecule has 0 aliphatic heterocycles. The van der Waals surface area contributed by atoms with Crippen LogP contribution in [0.5, 0.6) is 11.6 Å². The molecule has 6 N–H and O–H groups in total. The number of pyridine rings is 1. The first kappa shape index (κ1) is 63.5. The number of aromatic hydroxyl groups is 1. The van der Waals surface area contributed by atoms with Crippen molar-refractivity contribution in [3.63, 3.8) is 0 Å². The van der Waals surface area contributed by atoms with Crippen molar-refractivity contribution in [2.75, 3.05) is 23.9 Å². The summed E-state index contributed by atoms with van der Waals surface area (Å²) in [6, 6.07) is 14.3. The molecule has 39 heteroatoms. The molecule has 0 aliphatic carbocycles. The van der Waals surface area contributed by atoms with Crippen LogP contribution in [0.15, 0.2) is 111 Å². The number of hydrogen-bond acceptors (Lipinski definition) is 26. The van der Waals surface area contributed by atoms with Gasteiger partial charge in [0.25, 0.3) is 50.6 Å². The Balaban J connectivity index is 0.00000240. The van der Waals surface area contributed by atoms with Gasteiger partial charge in [-0.15, -0.1) is 50.0 Å². The molecule has 438 valence electrons. The van der Waals surface area contributed by atoms with Gasteiger partial charge in [0.1, 0.15) is 44.9 Å². The number of benzene rings is 5. The SMILES string of the molecule is Cc1cc(N=Nc2c(C)c(C#N)c3nc4c(C)c(S(=O)(=O)O)ccc4n3c2O)c(OCCCS(=O)(=O)O)cc1N=Nc1cc(Cl)c(N=Nc2nc3c(S(=O)(=O)O)cc4ccc(S(=O)(=O)O)cc4c3s2)cc1SCCCS(=O)(=O)O.O=S(=O)=O. The van der Waals surface area contributed by atoms with E-state index in [1.54, 1.807) is 6.92 Å². The van der Waals surface area contributed by atoms with Crippen LogP contribution in [-0.4, -0.2) is 121 Å². The number of hydrogen-bond donors (Lipinski definition) is 6. The number of azo groups is 3. The minimum absolute atomic E-state index is 0.0175. The number of fused-ring (bicyclic) bond motifs is 6. The highest BCUT2D eigenvalue weighted by Gasteiger charge is 2.26. The van der Waals surface area contributed by atoms with Crippen LogP contribution in [0.25, 0.3) is 37.7 Å². The lowest BCUT2D eigenvalue weighted by molar-refractivity contribution is 0.317. The maximum atomic E-state index is 12.4. The second kappa shape index (κ2) is 24.6. The zero-order valence-corrected chi connectivity index (χ0v) is 49.3. The van der Waals surface area contributed by atoms with Gasteiger partial charge in [-0.25, -0.2) is 9.97 Å². The third-order valence-corrected chi connectivity index (χ3v) is 18.2. The average molecular weight is 1320 g/mol. The fourth-order valence-electron chi connectivity index (χ4n) is 7.78. The summed E-state index contributed by atoms with van der Waals surface area (Å²) in [7, 11) is -26.1. The van der Waals surface area contributed by atoms with Gasteiger partial charge in [-0.3, -0.25) is 27.2 Å². The molecule has 3 heterocycles. The van der Waals surface area contributed by atoms with Crippen LogP contribution in [-0.2, 0) is 61.2 Å². The van der Waals surface area contributed by atoms with Crippen molar-refractivity contribution in [2.45, 2.75) is 53.2 Å². The van der Waals surface area contributed by atoms with Crippen LogP contribution in [0.2, 0.25) is 5.02 Å². The fraction of sp³-hybridized carbons (Fsp3) is 0.205. The van der Waals surface area contributed by atoms with E-state index in [-0.39, 0.29) is 129 Å². The van der Waals surface area contributed by atoms with Crippen molar-refractivity contribution in [2.24, 2.45) is 30.7 Å². The van der Waals surface area contributed by atoms with Crippen molar-refractivity contribution in [1.29, 1.82) is 5.26 Å². The van der Waals surface area contributed by atoms with Crippen molar-refractivity contribution in [3.05, 3.63) is 87.9 Å². The Morgan fingerprint density at radius 1 is 0.699 bits per heavy atom. The van der Waals surface area contributed by atoms with E-state index in [0.29, 0.717) is 5.56 Å². The number of aromatic nitrogens is 3. The Labute approximate surface area is 484 Å². The number of rotatable bonds is 19. The number of aryl methyl sites for hydroxylation is 2. The molecule has 5 aromatic carbocycles. The third kappa shape index (κ3) is 15.2. The lowest BCUT2D eigenvalue weighted by atomic mass is 10.1. The number of thioether (sulfide) groups is 1. The van der Waals surface area contributed by atoms with E-state index >= 15 is 0 Å². The molecule has 0 radical (unpaired) electrons. The van der Waals surface area contributed by atoms with Gasteiger partial charge in [-0.2, -0.15) is 52.5 Å². The van der Waals surface area contributed by atoms with Crippen LogP contribution in [0.1, 0.15) is 35.1 Å². The number of nitriles is 1. The second-order valence-corrected chi connectivity index (χ2v) is 27.4. The van der Waals surface area contributed by atoms with Crippen LogP contribution in [0.3, 0.4) is 0 Å². The summed E-state index contributed by atoms with van der Waals surface area (Å²) in [6.45, 7) is 4.13. The van der Waals surface area contributed by atoms with E-state index < -0.39 is 93.3 Å². The Morgan fingerprint density at radius 2 is 1.33 bits per heavy atom. The van der Waals surface area contributed by atoms with Gasteiger partial charge in [0, 0.05) is 21.9 Å². The Hall–Kier alpha value is -7.10. The summed E-state index contributed by atoms with van der Waals surface area (Å²) in [5.41, 5.74) is 0.228. The smallest absolute Gasteiger partial charge is 0.425 e. The average Bonchev–Trinajstić information content (AvgIpc) is 2.42. The van der Waals surface area contributed by atoms with Gasteiger partial charge in [0.15, 0.2) is 11.3 Å². The number of imidazole rings is 1. The highest BCUT2D eigenvalue weighted by molar-refractivity contribution is 7.99. The standard InChI is InChI=1S/C44H37ClN10O17S7.O3S/c1-21-14-31(51-53-39-22(2)27(20-46)42-47-38-23(3)36(78(66,67)68)9-8-33(38)55(42)43(39)56)34(72-10-4-12-75(57,58)59)18-29(21)49-52-32-17-28(45)30(19-35(32)73-11-5-13-76(60,61)62)50-54-44-48-40-37(79(69,70)71)15-24-6-7-25(77(63,64)65)16-26(24)41(40)74-44;1-4(2)3/h6-9,14-19,56H,4-5,10-13H2,1-3H3,(H,57,58,59)(H,60,61,62)(H,63,64,65)(H,66,67,68)(H,69,70,71);. The summed E-state index contributed by atoms with van der Waals surface area (Å²) in [5, 5.41) is 47.6. The lowest BCUT2D eigenvalue weighted by Crippen LogP contribution is -2.08. The third-order valence-electron chi connectivity index (χ3n) is 11.5. The summed E-state index contributed by atoms with van der Waals surface area (Å²) >= 11 is 8.51. The topological polar surface area (TPSA) is 481 Å². The molecule has 0 aliphatic rings. The molecule has 0 atom stereocenters. The molecule has 0 fully saturated rings. The maximum absolute atomic E-state index is 12.4. The first-order valence-corrected chi connectivity index (χ1v) is 33.3. The Morgan fingerprint density at radius 3 is 1.95 bits per heavy atom. The van der Waals surface area contributed by atoms with E-state index in [9.17, 15) is 75.2 Å². The zero-order chi connectivity index (χ0) is 61.3. The zero-order valence-electron chi connectivity index (χ0n) is 42.0. The highest BCUT2D eigenvalue weighted by atomic mass is 35.5. The fourth-order valence-corrected chi connectivity index (χ4v) is 13.0. The van der Waals surface area contributed by atoms with Gasteiger partial charge >= 0.3 is 10.6 Å². The maximum Gasteiger partial charge on any atom is 0.425 e. The number of halogens is 1. The van der Waals surface area contributed by atoms with E-state index in [1.807, 2.05) is 6.07 Å². The summed E-state index contributed by atoms with van der Waals surface area (Å²) < 4.78 is 200. The number of nitrogens with zero attached hydrogens (tertiary/aromatic N) is 10. The minimum Gasteiger partial charge on any atom is -0.493 e. The van der Waals surface area contributed by atoms with Gasteiger partial charge in [0.2, 0.25) is 11.0 Å². The molecule has 0 saturated heterocycles. The molecular formula is C44H37ClN10O20S8. The highest BCUT2D eigenvalue weighted by Crippen LogP contribution is 2.45. The van der Waals surface area contributed by atoms with Gasteiger partial charge in [-0.1, -0.05) is 29.0 Å². The molecule has 0 saturated carbocycles. The first-order valence-electron chi connectivity index (χ1n) is 22.6. The van der Waals surface area contributed by atoms with Gasteiger partial charge in [0.05, 0.1) is 54.3 Å². The van der Waals surface area contributed by atoms with Crippen molar-refractivity contribution in [3.8, 4) is 17.7 Å². The molecule has 0 bridgehead atoms. The molecule has 8 rings (SSSR count). The quantitative estimate of drug-likeness (QED) is 0.0190. The predicted molar refractivity (Wildman–Crippen MR) is 298 cm³/mol. The molecule has 3 aromatic heterocycles. The number of ether oxygens (including phenoxy) is 1. The van der Waals surface area contributed by atoms with Gasteiger partial charge < -0.3 is 9.84 Å². The van der Waals surface area contributed by atoms with Crippen LogP contribution in [0.4, 0.5) is 33.6 Å². The van der Waals surface area contributed by atoms with E-state index in [4.69, 9.17) is 29.0 Å². The lowest BCUT2D eigenvalue weighted by Gasteiger charge is -2.12. The molecular weight excluding hydrogens is 1280 g/mol. The predicted octanol–water partition coefficient (Wildman–Crippen LogP) is 9.42. The molecule has 0 amide bonds. The van der Waals surface area contributed by atoms with E-state index in [0.717, 1.165) is 51.8 Å². The Kier molecular flexibility index (Phi) is 18.8. The van der Waals surface area contributed by atoms with E-state index in [1.165, 1.54) is 50.2 Å².